The van der Waals surface area contributed by atoms with E-state index in [2.05, 4.69) is 0 Å². The molecule has 14 heavy (non-hydrogen) atoms. The highest BCUT2D eigenvalue weighted by molar-refractivity contribution is 5.88. The Morgan fingerprint density at radius 1 is 1.29 bits per heavy atom. The molecule has 2 nitrogen and oxygen atoms in total. The molecule has 0 aromatic carbocycles. The van der Waals surface area contributed by atoms with Crippen LogP contribution in [0, 0.1) is 0 Å². The minimum absolute atomic E-state index is 0.438. The predicted octanol–water partition coefficient (Wildman–Crippen LogP) is 2.17. The van der Waals surface area contributed by atoms with E-state index >= 15 is 0 Å². The van der Waals surface area contributed by atoms with Gasteiger partial charge in [0, 0.05) is 6.42 Å². The van der Waals surface area contributed by atoms with Crippen LogP contribution in [-0.4, -0.2) is 17.5 Å². The third-order valence-electron chi connectivity index (χ3n) is 2.69. The lowest BCUT2D eigenvalue weighted by Gasteiger charge is -2.21. The number of ketones is 1. The molecular weight excluding hydrogens is 195 g/mol. The molecule has 0 spiro atoms. The first-order chi connectivity index (χ1) is 6.33. The summed E-state index contributed by atoms with van der Waals surface area (Å²) in [6, 6.07) is 0. The molecule has 2 N–H and O–H groups in total. The molecule has 82 valence electrons. The van der Waals surface area contributed by atoms with Crippen molar-refractivity contribution in [3.63, 3.8) is 0 Å². The summed E-state index contributed by atoms with van der Waals surface area (Å²) in [5, 5.41) is 0. The van der Waals surface area contributed by atoms with Gasteiger partial charge in [0.1, 0.15) is 0 Å². The van der Waals surface area contributed by atoms with Gasteiger partial charge in [-0.15, -0.1) is 0 Å². The van der Waals surface area contributed by atoms with Gasteiger partial charge in [0.05, 0.1) is 12.0 Å². The zero-order valence-electron chi connectivity index (χ0n) is 7.86. The molecule has 0 saturated heterocycles. The molecule has 0 aliphatic heterocycles. The normalized spacial score (nSPS) is 21.1. The van der Waals surface area contributed by atoms with Crippen molar-refractivity contribution in [3.8, 4) is 0 Å². The average Bonchev–Trinajstić information content (AvgIpc) is 2.48. The van der Waals surface area contributed by atoms with Crippen LogP contribution < -0.4 is 5.73 Å². The van der Waals surface area contributed by atoms with Crippen LogP contribution >= 0.6 is 0 Å². The second kappa shape index (κ2) is 3.88. The minimum Gasteiger partial charge on any atom is -0.319 e. The van der Waals surface area contributed by atoms with Crippen molar-refractivity contribution >= 4 is 5.78 Å². The largest absolute Gasteiger partial charge is 0.389 e. The van der Waals surface area contributed by atoms with E-state index < -0.39 is 30.3 Å². The molecule has 1 rings (SSSR count). The maximum absolute atomic E-state index is 11.8. The van der Waals surface area contributed by atoms with Crippen molar-refractivity contribution in [2.45, 2.75) is 50.2 Å². The maximum atomic E-state index is 11.8. The molecule has 1 saturated carbocycles. The fourth-order valence-electron chi connectivity index (χ4n) is 1.79. The number of hydrogen-bond acceptors (Lipinski definition) is 2. The quantitative estimate of drug-likeness (QED) is 0.774. The number of carbonyl (C=O) groups excluding carboxylic acids is 1. The Kier molecular flexibility index (Phi) is 3.19. The molecule has 0 amide bonds. The van der Waals surface area contributed by atoms with Crippen LogP contribution in [0.5, 0.6) is 0 Å². The molecule has 0 unspecified atom stereocenters. The summed E-state index contributed by atoms with van der Waals surface area (Å²) in [5.41, 5.74) is 4.75. The molecule has 0 bridgehead atoms. The van der Waals surface area contributed by atoms with Crippen LogP contribution in [0.25, 0.3) is 0 Å². The van der Waals surface area contributed by atoms with Crippen molar-refractivity contribution in [1.29, 1.82) is 0 Å². The second-order valence-corrected chi connectivity index (χ2v) is 3.90. The van der Waals surface area contributed by atoms with Gasteiger partial charge in [-0.05, 0) is 12.8 Å². The van der Waals surface area contributed by atoms with Crippen molar-refractivity contribution in [2.75, 3.05) is 0 Å². The van der Waals surface area contributed by atoms with E-state index in [0.717, 1.165) is 12.8 Å². The summed E-state index contributed by atoms with van der Waals surface area (Å²) in [6.07, 6.45) is -3.04. The van der Waals surface area contributed by atoms with Gasteiger partial charge in [0.15, 0.2) is 5.78 Å². The lowest BCUT2D eigenvalue weighted by molar-refractivity contribution is -0.145. The molecule has 0 heterocycles. The van der Waals surface area contributed by atoms with E-state index in [1.54, 1.807) is 0 Å². The number of carbonyl (C=O) groups is 1. The number of hydrogen-bond donors (Lipinski definition) is 1. The Balaban J connectivity index is 2.42. The van der Waals surface area contributed by atoms with Crippen LogP contribution in [0.1, 0.15) is 38.5 Å². The lowest BCUT2D eigenvalue weighted by Crippen LogP contribution is -2.45. The Morgan fingerprint density at radius 2 is 1.79 bits per heavy atom. The molecule has 0 atom stereocenters. The van der Waals surface area contributed by atoms with E-state index in [-0.39, 0.29) is 0 Å². The smallest absolute Gasteiger partial charge is 0.319 e. The highest BCUT2D eigenvalue weighted by Crippen LogP contribution is 2.31. The van der Waals surface area contributed by atoms with E-state index in [9.17, 15) is 18.0 Å². The van der Waals surface area contributed by atoms with Gasteiger partial charge in [-0.1, -0.05) is 12.8 Å². The Morgan fingerprint density at radius 3 is 2.21 bits per heavy atom. The third kappa shape index (κ3) is 2.97. The first kappa shape index (κ1) is 11.5. The number of rotatable bonds is 3. The van der Waals surface area contributed by atoms with Crippen LogP contribution in [0.15, 0.2) is 0 Å². The standard InChI is InChI=1S/C9H14F3NO/c10-9(11,12)6-3-7(14)8(13)4-1-2-5-8/h1-6,13H2. The number of Topliss-reactive ketones (excluding diaryl/α,β-unsaturated/α-hetero) is 1. The van der Waals surface area contributed by atoms with Gasteiger partial charge in [0.2, 0.25) is 0 Å². The first-order valence-electron chi connectivity index (χ1n) is 4.72. The van der Waals surface area contributed by atoms with Crippen LogP contribution in [0.3, 0.4) is 0 Å². The summed E-state index contributed by atoms with van der Waals surface area (Å²) in [6.45, 7) is 0. The Labute approximate surface area is 80.7 Å². The molecule has 1 aliphatic carbocycles. The monoisotopic (exact) mass is 209 g/mol. The van der Waals surface area contributed by atoms with E-state index in [4.69, 9.17) is 5.73 Å². The van der Waals surface area contributed by atoms with Gasteiger partial charge in [-0.3, -0.25) is 4.79 Å². The van der Waals surface area contributed by atoms with Crippen molar-refractivity contribution in [3.05, 3.63) is 0 Å². The summed E-state index contributed by atoms with van der Waals surface area (Å²) in [7, 11) is 0. The molecule has 0 aromatic rings. The first-order valence-corrected chi connectivity index (χ1v) is 4.72. The number of nitrogens with two attached hydrogens (primary N) is 1. The summed E-state index contributed by atoms with van der Waals surface area (Å²) in [4.78, 5) is 11.4. The van der Waals surface area contributed by atoms with E-state index in [1.165, 1.54) is 0 Å². The zero-order valence-corrected chi connectivity index (χ0v) is 7.86. The minimum atomic E-state index is -4.26. The summed E-state index contributed by atoms with van der Waals surface area (Å²) < 4.78 is 35.5. The summed E-state index contributed by atoms with van der Waals surface area (Å²) >= 11 is 0. The average molecular weight is 209 g/mol. The predicted molar refractivity (Wildman–Crippen MR) is 45.7 cm³/mol. The fraction of sp³-hybridized carbons (Fsp3) is 0.889. The van der Waals surface area contributed by atoms with E-state index in [1.807, 2.05) is 0 Å². The molecule has 1 aliphatic rings. The molecule has 5 heteroatoms. The lowest BCUT2D eigenvalue weighted by atomic mass is 9.90. The van der Waals surface area contributed by atoms with Crippen LogP contribution in [0.4, 0.5) is 13.2 Å². The summed E-state index contributed by atoms with van der Waals surface area (Å²) in [5.74, 6) is -0.438. The zero-order chi connectivity index (χ0) is 10.8. The van der Waals surface area contributed by atoms with Gasteiger partial charge >= 0.3 is 6.18 Å². The fourth-order valence-corrected chi connectivity index (χ4v) is 1.79. The molecule has 1 fully saturated rings. The molecule has 0 aromatic heterocycles. The van der Waals surface area contributed by atoms with Crippen molar-refractivity contribution < 1.29 is 18.0 Å². The van der Waals surface area contributed by atoms with Crippen molar-refractivity contribution in [2.24, 2.45) is 5.73 Å². The van der Waals surface area contributed by atoms with E-state index in [0.29, 0.717) is 12.8 Å². The molecule has 0 radical (unpaired) electrons. The second-order valence-electron chi connectivity index (χ2n) is 3.90. The highest BCUT2D eigenvalue weighted by atomic mass is 19.4. The topological polar surface area (TPSA) is 43.1 Å². The van der Waals surface area contributed by atoms with Gasteiger partial charge in [-0.25, -0.2) is 0 Å². The maximum Gasteiger partial charge on any atom is 0.389 e. The van der Waals surface area contributed by atoms with Gasteiger partial charge in [0.25, 0.3) is 0 Å². The Hall–Kier alpha value is -0.580. The highest BCUT2D eigenvalue weighted by Gasteiger charge is 2.38. The molecular formula is C9H14F3NO. The number of halogens is 3. The Bertz CT molecular complexity index is 219. The van der Waals surface area contributed by atoms with Gasteiger partial charge < -0.3 is 5.73 Å². The number of alkyl halides is 3. The third-order valence-corrected chi connectivity index (χ3v) is 2.69. The van der Waals surface area contributed by atoms with Crippen molar-refractivity contribution in [1.82, 2.24) is 0 Å². The van der Waals surface area contributed by atoms with Crippen LogP contribution in [-0.2, 0) is 4.79 Å². The van der Waals surface area contributed by atoms with Gasteiger partial charge in [-0.2, -0.15) is 13.2 Å². The van der Waals surface area contributed by atoms with Crippen LogP contribution in [0.2, 0.25) is 0 Å². The SMILES string of the molecule is NC1(C(=O)CCC(F)(F)F)CCCC1.